The summed E-state index contributed by atoms with van der Waals surface area (Å²) < 4.78 is 20.6. The van der Waals surface area contributed by atoms with E-state index in [1.165, 1.54) is 12.8 Å². The number of esters is 3. The molecule has 0 fully saturated rings. The first kappa shape index (κ1) is 52.4. The van der Waals surface area contributed by atoms with Gasteiger partial charge in [0.15, 0.2) is 0 Å². The van der Waals surface area contributed by atoms with Gasteiger partial charge in [-0.05, 0) is 73.5 Å². The molecular formula is C41H75N3O9S2. The highest BCUT2D eigenvalue weighted by Gasteiger charge is 2.24. The lowest BCUT2D eigenvalue weighted by Gasteiger charge is -2.28. The van der Waals surface area contributed by atoms with Crippen molar-refractivity contribution in [1.29, 1.82) is 0 Å². The van der Waals surface area contributed by atoms with Gasteiger partial charge in [0.1, 0.15) is 26.4 Å². The van der Waals surface area contributed by atoms with Crippen LogP contribution in [-0.4, -0.2) is 87.6 Å². The van der Waals surface area contributed by atoms with Gasteiger partial charge < -0.3 is 34.9 Å². The van der Waals surface area contributed by atoms with Gasteiger partial charge in [-0.1, -0.05) is 103 Å². The smallest absolute Gasteiger partial charge is 0.407 e. The Balaban J connectivity index is 3.90. The summed E-state index contributed by atoms with van der Waals surface area (Å²) in [6.45, 7) is 23.1. The molecule has 55 heavy (non-hydrogen) atoms. The summed E-state index contributed by atoms with van der Waals surface area (Å²) in [4.78, 5) is 59.6. The van der Waals surface area contributed by atoms with E-state index in [1.54, 1.807) is 21.6 Å². The van der Waals surface area contributed by atoms with E-state index in [4.69, 9.17) is 18.9 Å². The van der Waals surface area contributed by atoms with Crippen molar-refractivity contribution < 1.29 is 42.9 Å². The highest BCUT2D eigenvalue weighted by molar-refractivity contribution is 8.76. The van der Waals surface area contributed by atoms with Crippen LogP contribution in [0.4, 0.5) is 9.59 Å². The Morgan fingerprint density at radius 1 is 0.691 bits per heavy atom. The normalized spacial score (nSPS) is 13.2. The molecule has 0 aliphatic rings. The first-order valence-corrected chi connectivity index (χ1v) is 22.8. The van der Waals surface area contributed by atoms with Crippen molar-refractivity contribution in [2.45, 2.75) is 132 Å². The van der Waals surface area contributed by atoms with Crippen LogP contribution in [0.2, 0.25) is 0 Å². The van der Waals surface area contributed by atoms with E-state index >= 15 is 0 Å². The molecule has 3 atom stereocenters. The second-order valence-electron chi connectivity index (χ2n) is 16.1. The zero-order chi connectivity index (χ0) is 41.5. The minimum absolute atomic E-state index is 0.00712. The van der Waals surface area contributed by atoms with Gasteiger partial charge in [-0.3, -0.25) is 9.59 Å². The Morgan fingerprint density at radius 2 is 1.27 bits per heavy atom. The van der Waals surface area contributed by atoms with Gasteiger partial charge in [0.05, 0.1) is 0 Å². The second kappa shape index (κ2) is 31.5. The minimum atomic E-state index is -0.549. The fourth-order valence-electron chi connectivity index (χ4n) is 6.37. The van der Waals surface area contributed by atoms with Crippen LogP contribution < -0.4 is 16.0 Å². The van der Waals surface area contributed by atoms with E-state index in [-0.39, 0.29) is 55.0 Å². The molecule has 3 amide bonds. The largest absolute Gasteiger partial charge is 0.465 e. The van der Waals surface area contributed by atoms with Crippen molar-refractivity contribution in [3.05, 3.63) is 12.7 Å². The molecule has 0 aromatic heterocycles. The lowest BCUT2D eigenvalue weighted by atomic mass is 9.79. The zero-order valence-electron chi connectivity index (χ0n) is 35.4. The Kier molecular flexibility index (Phi) is 30.0. The van der Waals surface area contributed by atoms with Gasteiger partial charge >= 0.3 is 30.0 Å². The zero-order valence-corrected chi connectivity index (χ0v) is 37.0. The number of hydrogen-bond donors (Lipinski definition) is 3. The summed E-state index contributed by atoms with van der Waals surface area (Å²) >= 11 is 0. The van der Waals surface area contributed by atoms with Crippen molar-refractivity contribution in [2.24, 2.45) is 28.6 Å². The predicted octanol–water partition coefficient (Wildman–Crippen LogP) is 8.87. The van der Waals surface area contributed by atoms with Crippen LogP contribution in [0.15, 0.2) is 12.7 Å². The maximum absolute atomic E-state index is 12.3. The van der Waals surface area contributed by atoms with Crippen LogP contribution in [0.1, 0.15) is 132 Å². The van der Waals surface area contributed by atoms with Crippen LogP contribution >= 0.6 is 21.6 Å². The summed E-state index contributed by atoms with van der Waals surface area (Å²) in [6, 6.07) is -0.0916. The van der Waals surface area contributed by atoms with Crippen LogP contribution in [0.3, 0.4) is 0 Å². The third kappa shape index (κ3) is 32.2. The maximum atomic E-state index is 12.3. The van der Waals surface area contributed by atoms with Crippen molar-refractivity contribution in [3.63, 3.8) is 0 Å². The van der Waals surface area contributed by atoms with Gasteiger partial charge in [0, 0.05) is 50.1 Å². The maximum Gasteiger partial charge on any atom is 0.407 e. The van der Waals surface area contributed by atoms with Crippen molar-refractivity contribution in [3.8, 4) is 0 Å². The second-order valence-corrected chi connectivity index (χ2v) is 18.8. The number of ether oxygens (including phenoxy) is 4. The molecule has 0 rings (SSSR count). The lowest BCUT2D eigenvalue weighted by molar-refractivity contribution is -0.150. The SMILES string of the molecule is C=CC(=O)OCCOC(=O)CCC(C)(C)CC(C)CCNC(=O)OCCSSCCOC(=O)CCCC(C)(C)CC(C)CNC(=O)NCC(CC)CCCC. The van der Waals surface area contributed by atoms with E-state index in [1.807, 2.05) is 0 Å². The quantitative estimate of drug-likeness (QED) is 0.0191. The van der Waals surface area contributed by atoms with Crippen molar-refractivity contribution >= 4 is 51.6 Å². The number of nitrogens with one attached hydrogen (secondary N) is 3. The summed E-state index contributed by atoms with van der Waals surface area (Å²) in [6.07, 6.45) is 10.9. The Labute approximate surface area is 340 Å². The number of unbranched alkanes of at least 4 members (excludes halogenated alkanes) is 1. The molecule has 0 radical (unpaired) electrons. The van der Waals surface area contributed by atoms with Gasteiger partial charge in [0.2, 0.25) is 0 Å². The fourth-order valence-corrected chi connectivity index (χ4v) is 8.03. The van der Waals surface area contributed by atoms with E-state index < -0.39 is 12.1 Å². The Hall–Kier alpha value is -2.61. The summed E-state index contributed by atoms with van der Waals surface area (Å²) in [7, 11) is 3.15. The van der Waals surface area contributed by atoms with E-state index in [2.05, 4.69) is 77.9 Å². The summed E-state index contributed by atoms with van der Waals surface area (Å²) in [5, 5.41) is 8.86. The number of alkyl carbamates (subject to hydrolysis) is 1. The average molecular weight is 818 g/mol. The highest BCUT2D eigenvalue weighted by atomic mass is 33.1. The predicted molar refractivity (Wildman–Crippen MR) is 225 cm³/mol. The molecule has 320 valence electrons. The van der Waals surface area contributed by atoms with Gasteiger partial charge in [-0.2, -0.15) is 0 Å². The van der Waals surface area contributed by atoms with Gasteiger partial charge in [0.25, 0.3) is 0 Å². The van der Waals surface area contributed by atoms with Crippen LogP contribution in [-0.2, 0) is 33.3 Å². The molecule has 0 saturated heterocycles. The first-order valence-electron chi connectivity index (χ1n) is 20.3. The average Bonchev–Trinajstić information content (AvgIpc) is 3.12. The monoisotopic (exact) mass is 817 g/mol. The fraction of sp³-hybridized carbons (Fsp3) is 0.829. The number of amides is 3. The van der Waals surface area contributed by atoms with E-state index in [0.717, 1.165) is 57.6 Å². The van der Waals surface area contributed by atoms with Crippen LogP contribution in [0.5, 0.6) is 0 Å². The number of carbonyl (C=O) groups excluding carboxylic acids is 5. The van der Waals surface area contributed by atoms with Gasteiger partial charge in [-0.25, -0.2) is 14.4 Å². The molecule has 0 saturated carbocycles. The molecule has 14 heteroatoms. The molecule has 12 nitrogen and oxygen atoms in total. The first-order chi connectivity index (χ1) is 26.0. The standard InChI is InChI=1S/C41H75N3O9S2/c1-10-13-15-34(11-2)31-44-38(48)43-30-33(5)29-40(6,7)19-14-16-36(46)52-24-26-54-55-27-25-53-39(49)42-21-18-32(4)28-41(8,9)20-17-37(47)51-23-22-50-35(45)12-3/h12,32-34H,3,10-11,13-31H2,1-2,4-9H3,(H,42,49)(H2,43,44,48). The molecule has 0 aromatic rings. The molecule has 0 heterocycles. The number of carbonyl (C=O) groups is 5. The Bertz CT molecular complexity index is 1110. The highest BCUT2D eigenvalue weighted by Crippen LogP contribution is 2.32. The van der Waals surface area contributed by atoms with Crippen molar-refractivity contribution in [1.82, 2.24) is 16.0 Å². The summed E-state index contributed by atoms with van der Waals surface area (Å²) in [5.74, 6) is 1.43. The van der Waals surface area contributed by atoms with Crippen LogP contribution in [0.25, 0.3) is 0 Å². The molecule has 0 bridgehead atoms. The van der Waals surface area contributed by atoms with Gasteiger partial charge in [-0.15, -0.1) is 0 Å². The number of urea groups is 1. The molecule has 3 unspecified atom stereocenters. The number of hydrogen-bond acceptors (Lipinski definition) is 11. The Morgan fingerprint density at radius 3 is 1.93 bits per heavy atom. The third-order valence-electron chi connectivity index (χ3n) is 9.32. The molecule has 3 N–H and O–H groups in total. The molecule has 0 aromatic carbocycles. The summed E-state index contributed by atoms with van der Waals surface area (Å²) in [5.41, 5.74) is -0.0224. The number of rotatable bonds is 33. The molecule has 0 aliphatic heterocycles. The molecular weight excluding hydrogens is 743 g/mol. The minimum Gasteiger partial charge on any atom is -0.465 e. The molecule has 0 aliphatic carbocycles. The molecule has 0 spiro atoms. The third-order valence-corrected chi connectivity index (χ3v) is 11.7. The van der Waals surface area contributed by atoms with Crippen molar-refractivity contribution in [2.75, 3.05) is 57.6 Å². The van der Waals surface area contributed by atoms with E-state index in [0.29, 0.717) is 61.8 Å². The lowest BCUT2D eigenvalue weighted by Crippen LogP contribution is -2.40. The topological polar surface area (TPSA) is 158 Å². The van der Waals surface area contributed by atoms with E-state index in [9.17, 15) is 24.0 Å². The van der Waals surface area contributed by atoms with Crippen LogP contribution in [0, 0.1) is 28.6 Å².